The number of halogens is 1. The molecule has 0 spiro atoms. The van der Waals surface area contributed by atoms with E-state index in [0.29, 0.717) is 11.6 Å². The Morgan fingerprint density at radius 3 is 2.35 bits per heavy atom. The first kappa shape index (κ1) is 19.2. The van der Waals surface area contributed by atoms with Crippen molar-refractivity contribution in [2.75, 3.05) is 18.8 Å². The molecule has 0 unspecified atom stereocenters. The molecule has 1 saturated carbocycles. The summed E-state index contributed by atoms with van der Waals surface area (Å²) < 4.78 is 0. The number of benzene rings is 1. The quantitative estimate of drug-likeness (QED) is 0.438. The molecule has 3 rings (SSSR count). The van der Waals surface area contributed by atoms with Crippen LogP contribution < -0.4 is 5.32 Å². The summed E-state index contributed by atoms with van der Waals surface area (Å²) in [5.41, 5.74) is 0. The van der Waals surface area contributed by atoms with Crippen LogP contribution in [0.2, 0.25) is 5.02 Å². The molecule has 140 valence electrons. The fraction of sp³-hybridized carbons (Fsp3) is 0.526. The summed E-state index contributed by atoms with van der Waals surface area (Å²) >= 11 is 7.48. The lowest BCUT2D eigenvalue weighted by molar-refractivity contribution is -0.140. The van der Waals surface area contributed by atoms with Gasteiger partial charge in [-0.2, -0.15) is 0 Å². The van der Waals surface area contributed by atoms with Gasteiger partial charge in [0.25, 0.3) is 0 Å². The second kappa shape index (κ2) is 8.91. The van der Waals surface area contributed by atoms with E-state index in [1.54, 1.807) is 11.8 Å². The summed E-state index contributed by atoms with van der Waals surface area (Å²) in [7, 11) is 0. The highest BCUT2D eigenvalue weighted by molar-refractivity contribution is 7.99. The Morgan fingerprint density at radius 2 is 1.73 bits per heavy atom. The first-order valence-corrected chi connectivity index (χ1v) is 10.4. The van der Waals surface area contributed by atoms with Crippen molar-refractivity contribution in [3.63, 3.8) is 0 Å². The van der Waals surface area contributed by atoms with Gasteiger partial charge in [0, 0.05) is 35.2 Å². The lowest BCUT2D eigenvalue weighted by Gasteiger charge is -2.19. The number of hydrogen-bond acceptors (Lipinski definition) is 4. The van der Waals surface area contributed by atoms with E-state index in [0.717, 1.165) is 36.3 Å². The maximum atomic E-state index is 12.4. The van der Waals surface area contributed by atoms with Crippen LogP contribution in [0.25, 0.3) is 0 Å². The van der Waals surface area contributed by atoms with Crippen LogP contribution in [-0.4, -0.2) is 41.5 Å². The van der Waals surface area contributed by atoms with Crippen molar-refractivity contribution in [1.29, 1.82) is 0 Å². The summed E-state index contributed by atoms with van der Waals surface area (Å²) in [6.45, 7) is 0.736. The fourth-order valence-corrected chi connectivity index (χ4v) is 4.54. The molecule has 7 heteroatoms. The number of likely N-dealkylation sites (tertiary alicyclic amines) is 1. The van der Waals surface area contributed by atoms with Crippen molar-refractivity contribution in [2.45, 2.75) is 37.0 Å². The zero-order valence-corrected chi connectivity index (χ0v) is 16.2. The van der Waals surface area contributed by atoms with Gasteiger partial charge in [0.05, 0.1) is 11.8 Å². The van der Waals surface area contributed by atoms with Gasteiger partial charge in [0.15, 0.2) is 0 Å². The number of thioether (sulfide) groups is 1. The molecule has 1 aliphatic heterocycles. The van der Waals surface area contributed by atoms with Crippen LogP contribution in [0.1, 0.15) is 32.1 Å². The number of nitrogens with one attached hydrogen (secondary N) is 1. The number of carbonyl (C=O) groups excluding carboxylic acids is 3. The van der Waals surface area contributed by atoms with E-state index in [9.17, 15) is 14.4 Å². The highest BCUT2D eigenvalue weighted by Crippen LogP contribution is 2.37. The van der Waals surface area contributed by atoms with Crippen molar-refractivity contribution in [2.24, 2.45) is 11.8 Å². The maximum Gasteiger partial charge on any atom is 0.233 e. The van der Waals surface area contributed by atoms with E-state index in [2.05, 4.69) is 5.32 Å². The highest BCUT2D eigenvalue weighted by atomic mass is 35.5. The van der Waals surface area contributed by atoms with E-state index in [1.807, 2.05) is 24.3 Å². The summed E-state index contributed by atoms with van der Waals surface area (Å²) in [4.78, 5) is 39.1. The van der Waals surface area contributed by atoms with E-state index < -0.39 is 0 Å². The molecule has 1 aromatic carbocycles. The van der Waals surface area contributed by atoms with Crippen molar-refractivity contribution in [1.82, 2.24) is 10.2 Å². The van der Waals surface area contributed by atoms with Gasteiger partial charge in [0.1, 0.15) is 0 Å². The number of carbonyl (C=O) groups is 3. The van der Waals surface area contributed by atoms with Crippen LogP contribution in [0.3, 0.4) is 0 Å². The molecule has 0 bridgehead atoms. The number of hydrogen-bond donors (Lipinski definition) is 1. The van der Waals surface area contributed by atoms with Gasteiger partial charge in [-0.05, 0) is 37.1 Å². The monoisotopic (exact) mass is 394 g/mol. The van der Waals surface area contributed by atoms with Gasteiger partial charge in [-0.25, -0.2) is 0 Å². The van der Waals surface area contributed by atoms with Crippen LogP contribution in [-0.2, 0) is 14.4 Å². The Hall–Kier alpha value is -1.53. The third kappa shape index (κ3) is 4.60. The van der Waals surface area contributed by atoms with Gasteiger partial charge >= 0.3 is 0 Å². The molecular weight excluding hydrogens is 372 g/mol. The molecule has 26 heavy (non-hydrogen) atoms. The van der Waals surface area contributed by atoms with Gasteiger partial charge in [0.2, 0.25) is 17.7 Å². The van der Waals surface area contributed by atoms with Gasteiger partial charge in [-0.3, -0.25) is 19.3 Å². The maximum absolute atomic E-state index is 12.4. The number of fused-ring (bicyclic) bond motifs is 1. The van der Waals surface area contributed by atoms with Crippen molar-refractivity contribution >= 4 is 41.1 Å². The standard InChI is InChI=1S/C19H23ClN2O3S/c20-13-5-7-14(8-6-13)26-12-10-21-17(23)9-11-22-18(24)15-3-1-2-4-16(15)19(22)25/h5-8,15-16H,1-4,9-12H2,(H,21,23)/t15-,16-/m1/s1. The number of imide groups is 1. The molecule has 5 nitrogen and oxygen atoms in total. The molecule has 2 atom stereocenters. The Morgan fingerprint density at radius 1 is 1.12 bits per heavy atom. The first-order valence-electron chi connectivity index (χ1n) is 9.06. The van der Waals surface area contributed by atoms with Crippen molar-refractivity contribution in [3.8, 4) is 0 Å². The van der Waals surface area contributed by atoms with Crippen LogP contribution in [0.4, 0.5) is 0 Å². The van der Waals surface area contributed by atoms with Crippen molar-refractivity contribution in [3.05, 3.63) is 29.3 Å². The van der Waals surface area contributed by atoms with Gasteiger partial charge in [-0.1, -0.05) is 24.4 Å². The largest absolute Gasteiger partial charge is 0.355 e. The van der Waals surface area contributed by atoms with E-state index in [4.69, 9.17) is 11.6 Å². The van der Waals surface area contributed by atoms with E-state index in [-0.39, 0.29) is 42.5 Å². The minimum Gasteiger partial charge on any atom is -0.355 e. The number of nitrogens with zero attached hydrogens (tertiary/aromatic N) is 1. The van der Waals surface area contributed by atoms with Crippen molar-refractivity contribution < 1.29 is 14.4 Å². The van der Waals surface area contributed by atoms with Gasteiger partial charge < -0.3 is 5.32 Å². The van der Waals surface area contributed by atoms with Crippen LogP contribution in [0.15, 0.2) is 29.2 Å². The SMILES string of the molecule is O=C(CCN1C(=O)[C@@H]2CCCC[C@H]2C1=O)NCCSc1ccc(Cl)cc1. The lowest BCUT2D eigenvalue weighted by Crippen LogP contribution is -2.35. The molecule has 1 N–H and O–H groups in total. The third-order valence-electron chi connectivity index (χ3n) is 5.00. The molecule has 1 heterocycles. The predicted molar refractivity (Wildman–Crippen MR) is 102 cm³/mol. The van der Waals surface area contributed by atoms with Gasteiger partial charge in [-0.15, -0.1) is 11.8 Å². The highest BCUT2D eigenvalue weighted by Gasteiger charge is 2.47. The summed E-state index contributed by atoms with van der Waals surface area (Å²) in [6, 6.07) is 7.56. The molecule has 1 saturated heterocycles. The lowest BCUT2D eigenvalue weighted by atomic mass is 9.81. The number of amides is 3. The topological polar surface area (TPSA) is 66.5 Å². The summed E-state index contributed by atoms with van der Waals surface area (Å²) in [5, 5.41) is 3.55. The predicted octanol–water partition coefficient (Wildman–Crippen LogP) is 3.11. The molecule has 1 aliphatic carbocycles. The normalized spacial score (nSPS) is 22.4. The minimum atomic E-state index is -0.143. The average molecular weight is 395 g/mol. The zero-order valence-electron chi connectivity index (χ0n) is 14.6. The Labute approximate surface area is 162 Å². The number of rotatable bonds is 7. The summed E-state index contributed by atoms with van der Waals surface area (Å²) in [6.07, 6.45) is 3.81. The molecule has 2 fully saturated rings. The van der Waals surface area contributed by atoms with Crippen LogP contribution in [0.5, 0.6) is 0 Å². The smallest absolute Gasteiger partial charge is 0.233 e. The zero-order chi connectivity index (χ0) is 18.5. The molecule has 0 aromatic heterocycles. The fourth-order valence-electron chi connectivity index (χ4n) is 3.64. The van der Waals surface area contributed by atoms with E-state index >= 15 is 0 Å². The summed E-state index contributed by atoms with van der Waals surface area (Å²) in [5.74, 6) is 0.179. The second-order valence-corrected chi connectivity index (χ2v) is 8.33. The first-order chi connectivity index (χ1) is 12.6. The van der Waals surface area contributed by atoms with E-state index in [1.165, 1.54) is 4.90 Å². The third-order valence-corrected chi connectivity index (χ3v) is 6.27. The Kier molecular flexibility index (Phi) is 6.59. The average Bonchev–Trinajstić information content (AvgIpc) is 2.89. The Balaban J connectivity index is 1.37. The molecule has 2 aliphatic rings. The van der Waals surface area contributed by atoms with Crippen LogP contribution >= 0.6 is 23.4 Å². The van der Waals surface area contributed by atoms with Crippen LogP contribution in [0, 0.1) is 11.8 Å². The molecule has 0 radical (unpaired) electrons. The minimum absolute atomic E-state index is 0.0780. The Bertz CT molecular complexity index is 656. The molecular formula is C19H23ClN2O3S. The second-order valence-electron chi connectivity index (χ2n) is 6.73. The molecule has 1 aromatic rings. The molecule has 3 amide bonds.